The van der Waals surface area contributed by atoms with Crippen molar-refractivity contribution in [3.8, 4) is 0 Å². The zero-order chi connectivity index (χ0) is 22.8. The summed E-state index contributed by atoms with van der Waals surface area (Å²) in [4.78, 5) is 16.5. The molecule has 1 aliphatic heterocycles. The summed E-state index contributed by atoms with van der Waals surface area (Å²) in [5.41, 5.74) is 3.05. The number of oxazole rings is 1. The van der Waals surface area contributed by atoms with Crippen molar-refractivity contribution in [3.05, 3.63) is 71.5 Å². The summed E-state index contributed by atoms with van der Waals surface area (Å²) in [5, 5.41) is 2.81. The second-order valence-corrected chi connectivity index (χ2v) is 8.80. The van der Waals surface area contributed by atoms with E-state index in [1.165, 1.54) is 6.39 Å². The van der Waals surface area contributed by atoms with Crippen molar-refractivity contribution in [1.82, 2.24) is 10.3 Å². The number of fused-ring (bicyclic) bond motifs is 1. The smallest absolute Gasteiger partial charge is 0.445 e. The molecule has 4 rings (SSSR count). The molecule has 0 unspecified atom stereocenters. The molecule has 1 amide bonds. The Labute approximate surface area is 187 Å². The number of nitrogens with one attached hydrogen (secondary N) is 1. The molecule has 0 bridgehead atoms. The van der Waals surface area contributed by atoms with Crippen molar-refractivity contribution < 1.29 is 23.3 Å². The van der Waals surface area contributed by atoms with Gasteiger partial charge in [-0.1, -0.05) is 42.5 Å². The van der Waals surface area contributed by atoms with Crippen LogP contribution in [0.5, 0.6) is 0 Å². The van der Waals surface area contributed by atoms with Crippen LogP contribution in [-0.2, 0) is 20.7 Å². The highest BCUT2D eigenvalue weighted by Crippen LogP contribution is 2.38. The summed E-state index contributed by atoms with van der Waals surface area (Å²) < 4.78 is 23.1. The first-order valence-electron chi connectivity index (χ1n) is 10.6. The number of carbonyl (C=O) groups is 1. The minimum absolute atomic E-state index is 0.199. The summed E-state index contributed by atoms with van der Waals surface area (Å²) >= 11 is 0. The summed E-state index contributed by atoms with van der Waals surface area (Å²) in [7, 11) is -0.609. The Morgan fingerprint density at radius 3 is 2.53 bits per heavy atom. The number of nitrogens with zero attached hydrogens (tertiary/aromatic N) is 1. The molecular weight excluding hydrogens is 407 g/mol. The number of rotatable bonds is 6. The predicted octanol–water partition coefficient (Wildman–Crippen LogP) is 4.77. The average molecular weight is 434 g/mol. The summed E-state index contributed by atoms with van der Waals surface area (Å²) in [5.74, 6) is 0. The van der Waals surface area contributed by atoms with Crippen molar-refractivity contribution in [3.63, 3.8) is 0 Å². The lowest BCUT2D eigenvalue weighted by atomic mass is 9.77. The van der Waals surface area contributed by atoms with Gasteiger partial charge in [0.2, 0.25) is 0 Å². The molecule has 166 valence electrons. The zero-order valence-electron chi connectivity index (χ0n) is 18.8. The Morgan fingerprint density at radius 2 is 1.81 bits per heavy atom. The SMILES string of the molecule is CC1(C)OB(C(=Cc2ccc3ocnc3c2)CNC(=O)OCc2ccccc2)OC1(C)C. The second-order valence-electron chi connectivity index (χ2n) is 8.80. The van der Waals surface area contributed by atoms with E-state index in [2.05, 4.69) is 10.3 Å². The van der Waals surface area contributed by atoms with E-state index in [9.17, 15) is 4.79 Å². The Morgan fingerprint density at radius 1 is 1.09 bits per heavy atom. The van der Waals surface area contributed by atoms with Gasteiger partial charge in [-0.2, -0.15) is 0 Å². The second kappa shape index (κ2) is 8.80. The van der Waals surface area contributed by atoms with Crippen LogP contribution in [0.3, 0.4) is 0 Å². The maximum atomic E-state index is 12.3. The molecule has 0 aliphatic carbocycles. The van der Waals surface area contributed by atoms with Crippen LogP contribution in [-0.4, -0.2) is 35.9 Å². The first-order chi connectivity index (χ1) is 15.2. The van der Waals surface area contributed by atoms with Gasteiger partial charge < -0.3 is 23.8 Å². The minimum atomic E-state index is -0.609. The van der Waals surface area contributed by atoms with Crippen LogP contribution >= 0.6 is 0 Å². The van der Waals surface area contributed by atoms with Gasteiger partial charge in [-0.05, 0) is 56.4 Å². The molecule has 8 heteroatoms. The van der Waals surface area contributed by atoms with Crippen molar-refractivity contribution in [2.75, 3.05) is 6.54 Å². The number of benzene rings is 2. The third-order valence-electron chi connectivity index (χ3n) is 5.91. The van der Waals surface area contributed by atoms with E-state index in [0.29, 0.717) is 5.58 Å². The molecule has 1 saturated heterocycles. The Balaban J connectivity index is 1.50. The van der Waals surface area contributed by atoms with Crippen molar-refractivity contribution in [1.29, 1.82) is 0 Å². The van der Waals surface area contributed by atoms with Gasteiger partial charge in [-0.15, -0.1) is 0 Å². The predicted molar refractivity (Wildman–Crippen MR) is 123 cm³/mol. The van der Waals surface area contributed by atoms with Crippen molar-refractivity contribution in [2.45, 2.75) is 45.5 Å². The number of carbonyl (C=O) groups excluding carboxylic acids is 1. The van der Waals surface area contributed by atoms with Gasteiger partial charge in [0.15, 0.2) is 12.0 Å². The van der Waals surface area contributed by atoms with Crippen LogP contribution in [0.1, 0.15) is 38.8 Å². The van der Waals surface area contributed by atoms with Gasteiger partial charge in [0, 0.05) is 6.54 Å². The fourth-order valence-electron chi connectivity index (χ4n) is 3.32. The molecule has 1 fully saturated rings. The molecule has 1 aliphatic rings. The van der Waals surface area contributed by atoms with E-state index in [4.69, 9.17) is 18.5 Å². The van der Waals surface area contributed by atoms with E-state index in [0.717, 1.165) is 22.1 Å². The lowest BCUT2D eigenvalue weighted by Crippen LogP contribution is -2.41. The molecule has 1 N–H and O–H groups in total. The molecule has 0 radical (unpaired) electrons. The molecule has 0 spiro atoms. The summed E-state index contributed by atoms with van der Waals surface area (Å²) in [6, 6.07) is 15.2. The highest BCUT2D eigenvalue weighted by molar-refractivity contribution is 6.56. The lowest BCUT2D eigenvalue weighted by Gasteiger charge is -2.32. The van der Waals surface area contributed by atoms with Crippen molar-refractivity contribution in [2.24, 2.45) is 0 Å². The van der Waals surface area contributed by atoms with Gasteiger partial charge in [0.05, 0.1) is 11.2 Å². The Kier molecular flexibility index (Phi) is 6.08. The Hall–Kier alpha value is -3.10. The number of amides is 1. The van der Waals surface area contributed by atoms with E-state index in [-0.39, 0.29) is 13.2 Å². The minimum Gasteiger partial charge on any atom is -0.445 e. The molecule has 0 saturated carbocycles. The first kappa shape index (κ1) is 22.1. The zero-order valence-corrected chi connectivity index (χ0v) is 18.8. The number of hydrogen-bond donors (Lipinski definition) is 1. The Bertz CT molecular complexity index is 1110. The van der Waals surface area contributed by atoms with Gasteiger partial charge >= 0.3 is 13.2 Å². The number of aromatic nitrogens is 1. The molecule has 32 heavy (non-hydrogen) atoms. The van der Waals surface area contributed by atoms with E-state index in [1.807, 2.05) is 82.3 Å². The number of hydrogen-bond acceptors (Lipinski definition) is 6. The topological polar surface area (TPSA) is 82.8 Å². The van der Waals surface area contributed by atoms with Gasteiger partial charge in [-0.3, -0.25) is 0 Å². The van der Waals surface area contributed by atoms with Gasteiger partial charge in [0.25, 0.3) is 0 Å². The number of ether oxygens (including phenoxy) is 1. The fourth-order valence-corrected chi connectivity index (χ4v) is 3.32. The van der Waals surface area contributed by atoms with Crippen LogP contribution < -0.4 is 5.32 Å². The quantitative estimate of drug-likeness (QED) is 0.563. The normalized spacial score (nSPS) is 17.5. The maximum Gasteiger partial charge on any atom is 0.492 e. The molecule has 2 heterocycles. The van der Waals surface area contributed by atoms with E-state index < -0.39 is 24.4 Å². The third-order valence-corrected chi connectivity index (χ3v) is 5.91. The van der Waals surface area contributed by atoms with Crippen LogP contribution in [0.25, 0.3) is 17.2 Å². The molecular formula is C24H27BN2O5. The van der Waals surface area contributed by atoms with Gasteiger partial charge in [-0.25, -0.2) is 9.78 Å². The van der Waals surface area contributed by atoms with E-state index >= 15 is 0 Å². The van der Waals surface area contributed by atoms with Crippen molar-refractivity contribution >= 4 is 30.4 Å². The highest BCUT2D eigenvalue weighted by Gasteiger charge is 2.52. The third kappa shape index (κ3) is 4.87. The molecule has 3 aromatic rings. The van der Waals surface area contributed by atoms with E-state index in [1.54, 1.807) is 0 Å². The monoisotopic (exact) mass is 434 g/mol. The number of alkyl carbamates (subject to hydrolysis) is 1. The first-order valence-corrected chi connectivity index (χ1v) is 10.6. The van der Waals surface area contributed by atoms with Crippen LogP contribution in [0.4, 0.5) is 4.79 Å². The molecule has 2 aromatic carbocycles. The van der Waals surface area contributed by atoms with Gasteiger partial charge in [0.1, 0.15) is 12.1 Å². The lowest BCUT2D eigenvalue weighted by molar-refractivity contribution is 0.00578. The average Bonchev–Trinajstić information content (AvgIpc) is 3.31. The molecule has 1 aromatic heterocycles. The van der Waals surface area contributed by atoms with Crippen LogP contribution in [0.15, 0.2) is 64.8 Å². The summed E-state index contributed by atoms with van der Waals surface area (Å²) in [6.07, 6.45) is 2.84. The largest absolute Gasteiger partial charge is 0.492 e. The highest BCUT2D eigenvalue weighted by atomic mass is 16.7. The van der Waals surface area contributed by atoms with Crippen LogP contribution in [0.2, 0.25) is 0 Å². The summed E-state index contributed by atoms with van der Waals surface area (Å²) in [6.45, 7) is 8.38. The van der Waals surface area contributed by atoms with Crippen LogP contribution in [0, 0.1) is 0 Å². The standard InChI is InChI=1S/C24H27BN2O5/c1-23(2)24(3,4)32-25(31-23)19(12-18-10-11-21-20(13-18)27-16-30-21)14-26-22(28)29-15-17-8-6-5-7-9-17/h5-13,16H,14-15H2,1-4H3,(H,26,28). The fraction of sp³-hybridized carbons (Fsp3) is 0.333. The molecule has 7 nitrogen and oxygen atoms in total. The maximum absolute atomic E-state index is 12.3. The molecule has 0 atom stereocenters.